The molecule has 1 aromatic carbocycles. The third-order valence-corrected chi connectivity index (χ3v) is 6.51. The molecule has 2 aliphatic rings. The van der Waals surface area contributed by atoms with Crippen molar-refractivity contribution in [3.05, 3.63) is 28.3 Å². The first-order valence-corrected chi connectivity index (χ1v) is 9.71. The lowest BCUT2D eigenvalue weighted by atomic mass is 10.2. The van der Waals surface area contributed by atoms with Crippen molar-refractivity contribution in [3.8, 4) is 5.75 Å². The summed E-state index contributed by atoms with van der Waals surface area (Å²) in [6.45, 7) is 0.770. The summed E-state index contributed by atoms with van der Waals surface area (Å²) in [5.74, 6) is -0.237. The predicted octanol–water partition coefficient (Wildman–Crippen LogP) is -0.490. The number of sulfonamides is 1. The smallest absolute Gasteiger partial charge is 0.293 e. The van der Waals surface area contributed by atoms with Crippen LogP contribution in [-0.2, 0) is 19.6 Å². The van der Waals surface area contributed by atoms with Gasteiger partial charge < -0.3 is 20.1 Å². The van der Waals surface area contributed by atoms with Gasteiger partial charge in [0.05, 0.1) is 31.3 Å². The average Bonchev–Trinajstić information content (AvgIpc) is 3.01. The van der Waals surface area contributed by atoms with E-state index in [1.807, 2.05) is 0 Å². The van der Waals surface area contributed by atoms with Crippen LogP contribution in [0.1, 0.15) is 6.42 Å². The van der Waals surface area contributed by atoms with Gasteiger partial charge in [0.1, 0.15) is 18.0 Å². The van der Waals surface area contributed by atoms with Crippen LogP contribution in [0.15, 0.2) is 23.1 Å². The first kappa shape index (κ1) is 19.5. The molecule has 3 rings (SSSR count). The summed E-state index contributed by atoms with van der Waals surface area (Å²) < 4.78 is 37.6. The molecule has 2 bridgehead atoms. The number of hydrogen-bond acceptors (Lipinski definition) is 8. The highest BCUT2D eigenvalue weighted by Crippen LogP contribution is 2.36. The Morgan fingerprint density at radius 1 is 1.44 bits per heavy atom. The number of ether oxygens (including phenoxy) is 2. The molecule has 2 aliphatic heterocycles. The van der Waals surface area contributed by atoms with Gasteiger partial charge >= 0.3 is 0 Å². The average molecular weight is 400 g/mol. The number of methoxy groups -OCH3 is 1. The van der Waals surface area contributed by atoms with E-state index in [1.165, 1.54) is 18.1 Å². The number of fused-ring (bicyclic) bond motifs is 2. The van der Waals surface area contributed by atoms with Gasteiger partial charge in [0.25, 0.3) is 15.7 Å². The summed E-state index contributed by atoms with van der Waals surface area (Å²) in [7, 11) is -3.02. The van der Waals surface area contributed by atoms with Crippen LogP contribution in [0.3, 0.4) is 0 Å². The normalized spacial score (nSPS) is 22.9. The Hall–Kier alpha value is -2.28. The Kier molecular flexibility index (Phi) is 5.33. The molecule has 0 aromatic heterocycles. The number of amides is 1. The van der Waals surface area contributed by atoms with Gasteiger partial charge in [0.15, 0.2) is 4.90 Å². The van der Waals surface area contributed by atoms with Gasteiger partial charge in [-0.05, 0) is 25.1 Å². The molecule has 1 amide bonds. The van der Waals surface area contributed by atoms with Crippen LogP contribution in [0.5, 0.6) is 5.75 Å². The summed E-state index contributed by atoms with van der Waals surface area (Å²) in [5.41, 5.74) is 4.85. The lowest BCUT2D eigenvalue weighted by Gasteiger charge is -2.37. The molecule has 2 heterocycles. The summed E-state index contributed by atoms with van der Waals surface area (Å²) >= 11 is 0. The van der Waals surface area contributed by atoms with Gasteiger partial charge in [-0.15, -0.1) is 0 Å². The van der Waals surface area contributed by atoms with Gasteiger partial charge in [-0.3, -0.25) is 14.9 Å². The van der Waals surface area contributed by atoms with E-state index in [4.69, 9.17) is 15.2 Å². The maximum Gasteiger partial charge on any atom is 0.293 e. The zero-order chi connectivity index (χ0) is 19.8. The van der Waals surface area contributed by atoms with Crippen molar-refractivity contribution in [2.45, 2.75) is 23.6 Å². The van der Waals surface area contributed by atoms with E-state index in [0.717, 1.165) is 16.4 Å². The summed E-state index contributed by atoms with van der Waals surface area (Å²) in [6, 6.07) is 2.42. The first-order valence-electron chi connectivity index (χ1n) is 8.27. The Labute approximate surface area is 155 Å². The van der Waals surface area contributed by atoms with Crippen LogP contribution in [0, 0.1) is 10.1 Å². The van der Waals surface area contributed by atoms with Crippen molar-refractivity contribution in [3.63, 3.8) is 0 Å². The number of carbonyl (C=O) groups is 1. The van der Waals surface area contributed by atoms with Crippen molar-refractivity contribution >= 4 is 21.6 Å². The fourth-order valence-corrected chi connectivity index (χ4v) is 5.04. The monoisotopic (exact) mass is 400 g/mol. The van der Waals surface area contributed by atoms with Crippen LogP contribution in [-0.4, -0.2) is 74.1 Å². The minimum absolute atomic E-state index is 0.0541. The molecule has 2 fully saturated rings. The van der Waals surface area contributed by atoms with Crippen molar-refractivity contribution in [2.24, 2.45) is 5.73 Å². The molecule has 0 saturated carbocycles. The minimum atomic E-state index is -4.34. The number of nitrogens with two attached hydrogens (primary N) is 1. The molecule has 2 atom stereocenters. The van der Waals surface area contributed by atoms with Crippen molar-refractivity contribution in [1.29, 1.82) is 0 Å². The number of rotatable bonds is 7. The van der Waals surface area contributed by atoms with E-state index < -0.39 is 43.7 Å². The van der Waals surface area contributed by atoms with E-state index >= 15 is 0 Å². The van der Waals surface area contributed by atoms with Crippen molar-refractivity contribution < 1.29 is 27.6 Å². The second-order valence-corrected chi connectivity index (χ2v) is 7.97. The highest BCUT2D eigenvalue weighted by atomic mass is 32.2. The standard InChI is InChI=1S/C15H20N4O7S/c1-25-10-3-4-13(11(7-10)19(21)22)27(23,24)18-12-9-26-14(18)8-17(15(12)20)6-2-5-16/h3-4,7,12,14H,2,5-6,8-9,16H2,1H3/t12-,14-/m0/s1. The highest BCUT2D eigenvalue weighted by Gasteiger charge is 2.53. The minimum Gasteiger partial charge on any atom is -0.497 e. The molecule has 0 aliphatic carbocycles. The first-order chi connectivity index (χ1) is 12.8. The molecule has 11 nitrogen and oxygen atoms in total. The Morgan fingerprint density at radius 2 is 2.19 bits per heavy atom. The lowest BCUT2D eigenvalue weighted by molar-refractivity contribution is -0.388. The van der Waals surface area contributed by atoms with E-state index in [0.29, 0.717) is 19.5 Å². The molecular weight excluding hydrogens is 380 g/mol. The van der Waals surface area contributed by atoms with Gasteiger partial charge in [-0.2, -0.15) is 4.31 Å². The molecule has 0 unspecified atom stereocenters. The SMILES string of the molecule is COc1ccc(S(=O)(=O)N2[C@@H]3CN(CCCN)C(=O)[C@@H]2CO3)c([N+](=O)[O-])c1. The molecule has 27 heavy (non-hydrogen) atoms. The predicted molar refractivity (Wildman–Crippen MR) is 92.5 cm³/mol. The largest absolute Gasteiger partial charge is 0.497 e. The van der Waals surface area contributed by atoms with Crippen LogP contribution in [0.25, 0.3) is 0 Å². The number of hydrogen-bond donors (Lipinski definition) is 1. The van der Waals surface area contributed by atoms with Gasteiger partial charge in [0, 0.05) is 6.54 Å². The topological polar surface area (TPSA) is 145 Å². The van der Waals surface area contributed by atoms with E-state index in [-0.39, 0.29) is 18.9 Å². The van der Waals surface area contributed by atoms with E-state index in [9.17, 15) is 23.3 Å². The van der Waals surface area contributed by atoms with Crippen LogP contribution < -0.4 is 10.5 Å². The Bertz CT molecular complexity index is 860. The van der Waals surface area contributed by atoms with Crippen molar-refractivity contribution in [2.75, 3.05) is 33.4 Å². The fraction of sp³-hybridized carbons (Fsp3) is 0.533. The quantitative estimate of drug-likeness (QED) is 0.477. The second-order valence-electron chi connectivity index (χ2n) is 6.16. The molecular formula is C15H20N4O7S. The number of nitrogens with zero attached hydrogens (tertiary/aromatic N) is 3. The highest BCUT2D eigenvalue weighted by molar-refractivity contribution is 7.89. The van der Waals surface area contributed by atoms with E-state index in [2.05, 4.69) is 0 Å². The Morgan fingerprint density at radius 3 is 2.81 bits per heavy atom. The number of nitro groups is 1. The molecule has 1 aromatic rings. The third-order valence-electron chi connectivity index (χ3n) is 4.56. The summed E-state index contributed by atoms with van der Waals surface area (Å²) in [4.78, 5) is 24.2. The van der Waals surface area contributed by atoms with Crippen molar-refractivity contribution in [1.82, 2.24) is 9.21 Å². The molecule has 148 valence electrons. The van der Waals surface area contributed by atoms with Crippen LogP contribution in [0.2, 0.25) is 0 Å². The van der Waals surface area contributed by atoms with Crippen LogP contribution in [0.4, 0.5) is 5.69 Å². The number of nitro benzene ring substituents is 1. The number of piperazine rings is 1. The molecule has 12 heteroatoms. The second kappa shape index (κ2) is 7.38. The molecule has 2 saturated heterocycles. The number of carbonyl (C=O) groups excluding carboxylic acids is 1. The summed E-state index contributed by atoms with van der Waals surface area (Å²) in [6.07, 6.45) is -0.306. The zero-order valence-corrected chi connectivity index (χ0v) is 15.4. The van der Waals surface area contributed by atoms with Gasteiger partial charge in [-0.1, -0.05) is 0 Å². The maximum atomic E-state index is 13.1. The van der Waals surface area contributed by atoms with Gasteiger partial charge in [0.2, 0.25) is 5.91 Å². The Balaban J connectivity index is 1.97. The maximum absolute atomic E-state index is 13.1. The van der Waals surface area contributed by atoms with E-state index in [1.54, 1.807) is 0 Å². The van der Waals surface area contributed by atoms with Crippen LogP contribution >= 0.6 is 0 Å². The fourth-order valence-electron chi connectivity index (χ4n) is 3.26. The lowest BCUT2D eigenvalue weighted by Crippen LogP contribution is -2.59. The third kappa shape index (κ3) is 3.36. The molecule has 0 radical (unpaired) electrons. The molecule has 0 spiro atoms. The zero-order valence-electron chi connectivity index (χ0n) is 14.6. The number of benzene rings is 1. The summed E-state index contributed by atoms with van der Waals surface area (Å²) in [5, 5.41) is 11.4. The van der Waals surface area contributed by atoms with Gasteiger partial charge in [-0.25, -0.2) is 8.42 Å². The molecule has 2 N–H and O–H groups in total.